The van der Waals surface area contributed by atoms with Gasteiger partial charge in [-0.25, -0.2) is 0 Å². The molecule has 0 spiro atoms. The quantitative estimate of drug-likeness (QED) is 0.623. The van der Waals surface area contributed by atoms with Gasteiger partial charge in [0.15, 0.2) is 0 Å². The van der Waals surface area contributed by atoms with E-state index in [1.165, 1.54) is 0 Å². The Kier molecular flexibility index (Phi) is 6.46. The van der Waals surface area contributed by atoms with Crippen LogP contribution in [0, 0.1) is 0 Å². The third-order valence-corrected chi connectivity index (χ3v) is 3.29. The molecule has 1 aromatic carbocycles. The predicted octanol–water partition coefficient (Wildman–Crippen LogP) is 2.72. The van der Waals surface area contributed by atoms with Crippen LogP contribution >= 0.6 is 39.1 Å². The Bertz CT molecular complexity index is 350. The first-order valence-corrected chi connectivity index (χ1v) is 6.29. The molecule has 0 aliphatic heterocycles. The maximum absolute atomic E-state index is 8.55. The van der Waals surface area contributed by atoms with Crippen molar-refractivity contribution in [2.75, 3.05) is 26.3 Å². The second-order valence-electron chi connectivity index (χ2n) is 3.02. The molecule has 0 bridgehead atoms. The van der Waals surface area contributed by atoms with Gasteiger partial charge in [0.1, 0.15) is 12.4 Å². The van der Waals surface area contributed by atoms with Gasteiger partial charge in [-0.1, -0.05) is 23.2 Å². The first kappa shape index (κ1) is 14.1. The summed E-state index contributed by atoms with van der Waals surface area (Å²) in [6.07, 6.45) is 0. The molecule has 0 aromatic heterocycles. The smallest absolute Gasteiger partial charge is 0.139 e. The van der Waals surface area contributed by atoms with Crippen LogP contribution in [0.25, 0.3) is 0 Å². The molecule has 0 radical (unpaired) electrons. The number of nitrogens with one attached hydrogen (secondary N) is 1. The van der Waals surface area contributed by atoms with Crippen LogP contribution in [0.15, 0.2) is 16.6 Å². The Labute approximate surface area is 113 Å². The van der Waals surface area contributed by atoms with Gasteiger partial charge in [-0.15, -0.1) is 0 Å². The summed E-state index contributed by atoms with van der Waals surface area (Å²) in [7, 11) is 0. The van der Waals surface area contributed by atoms with Crippen LogP contribution in [0.4, 0.5) is 0 Å². The van der Waals surface area contributed by atoms with Crippen LogP contribution in [0.5, 0.6) is 5.75 Å². The highest BCUT2D eigenvalue weighted by atomic mass is 79.9. The summed E-state index contributed by atoms with van der Waals surface area (Å²) in [6, 6.07) is 3.36. The topological polar surface area (TPSA) is 41.5 Å². The molecule has 0 aliphatic rings. The van der Waals surface area contributed by atoms with Gasteiger partial charge < -0.3 is 15.2 Å². The summed E-state index contributed by atoms with van der Waals surface area (Å²) in [5, 5.41) is 12.6. The molecular formula is C10H12BrCl2NO2. The lowest BCUT2D eigenvalue weighted by molar-refractivity contribution is 0.276. The van der Waals surface area contributed by atoms with E-state index in [1.54, 1.807) is 12.1 Å². The average Bonchev–Trinajstić information content (AvgIpc) is 2.25. The highest BCUT2D eigenvalue weighted by Crippen LogP contribution is 2.33. The molecule has 1 aromatic rings. The molecule has 0 atom stereocenters. The predicted molar refractivity (Wildman–Crippen MR) is 69.6 cm³/mol. The third-order valence-electron chi connectivity index (χ3n) is 1.80. The van der Waals surface area contributed by atoms with Gasteiger partial charge in [0, 0.05) is 23.6 Å². The van der Waals surface area contributed by atoms with E-state index in [-0.39, 0.29) is 6.61 Å². The zero-order chi connectivity index (χ0) is 12.0. The summed E-state index contributed by atoms with van der Waals surface area (Å²) >= 11 is 15.2. The van der Waals surface area contributed by atoms with Crippen molar-refractivity contribution in [3.05, 3.63) is 26.7 Å². The molecular weight excluding hydrogens is 317 g/mol. The fourth-order valence-electron chi connectivity index (χ4n) is 1.05. The minimum atomic E-state index is 0.116. The van der Waals surface area contributed by atoms with Gasteiger partial charge in [0.05, 0.1) is 16.7 Å². The van der Waals surface area contributed by atoms with Crippen LogP contribution in [0.3, 0.4) is 0 Å². The maximum Gasteiger partial charge on any atom is 0.139 e. The first-order chi connectivity index (χ1) is 7.65. The van der Waals surface area contributed by atoms with Crippen molar-refractivity contribution in [3.63, 3.8) is 0 Å². The van der Waals surface area contributed by atoms with Crippen molar-refractivity contribution < 1.29 is 9.84 Å². The van der Waals surface area contributed by atoms with Crippen molar-refractivity contribution in [3.8, 4) is 5.75 Å². The molecule has 0 amide bonds. The highest BCUT2D eigenvalue weighted by Gasteiger charge is 2.06. The summed E-state index contributed by atoms with van der Waals surface area (Å²) in [4.78, 5) is 0. The molecule has 0 heterocycles. The number of hydrogen-bond acceptors (Lipinski definition) is 3. The number of benzene rings is 1. The standard InChI is InChI=1S/C10H12BrCl2NO2/c11-7-5-9(13)10(6-8(7)12)16-4-2-14-1-3-15/h5-6,14-15H,1-4H2. The Morgan fingerprint density at radius 3 is 2.69 bits per heavy atom. The van der Waals surface area contributed by atoms with E-state index in [0.29, 0.717) is 35.5 Å². The highest BCUT2D eigenvalue weighted by molar-refractivity contribution is 9.10. The molecule has 3 nitrogen and oxygen atoms in total. The Hall–Kier alpha value is -0.0000000000000000555. The van der Waals surface area contributed by atoms with E-state index in [4.69, 9.17) is 33.0 Å². The fraction of sp³-hybridized carbons (Fsp3) is 0.400. The van der Waals surface area contributed by atoms with E-state index in [1.807, 2.05) is 0 Å². The first-order valence-electron chi connectivity index (χ1n) is 4.74. The van der Waals surface area contributed by atoms with Crippen molar-refractivity contribution in [1.82, 2.24) is 5.32 Å². The summed E-state index contributed by atoms with van der Waals surface area (Å²) in [5.41, 5.74) is 0. The number of rotatable bonds is 6. The minimum Gasteiger partial charge on any atom is -0.491 e. The van der Waals surface area contributed by atoms with Crippen LogP contribution in [-0.4, -0.2) is 31.4 Å². The number of ether oxygens (including phenoxy) is 1. The van der Waals surface area contributed by atoms with Crippen molar-refractivity contribution in [2.45, 2.75) is 0 Å². The van der Waals surface area contributed by atoms with Gasteiger partial charge in [0.25, 0.3) is 0 Å². The zero-order valence-electron chi connectivity index (χ0n) is 8.47. The minimum absolute atomic E-state index is 0.116. The Morgan fingerprint density at radius 1 is 1.25 bits per heavy atom. The van der Waals surface area contributed by atoms with Gasteiger partial charge in [0.2, 0.25) is 0 Å². The average molecular weight is 329 g/mol. The van der Waals surface area contributed by atoms with Crippen LogP contribution in [0.1, 0.15) is 0 Å². The lowest BCUT2D eigenvalue weighted by Gasteiger charge is -2.09. The summed E-state index contributed by atoms with van der Waals surface area (Å²) in [6.45, 7) is 1.78. The fourth-order valence-corrected chi connectivity index (χ4v) is 1.90. The molecule has 0 saturated carbocycles. The molecule has 0 fully saturated rings. The van der Waals surface area contributed by atoms with Crippen molar-refractivity contribution in [1.29, 1.82) is 0 Å². The summed E-state index contributed by atoms with van der Waals surface area (Å²) < 4.78 is 6.18. The van der Waals surface area contributed by atoms with Gasteiger partial charge >= 0.3 is 0 Å². The lowest BCUT2D eigenvalue weighted by Crippen LogP contribution is -2.24. The second-order valence-corrected chi connectivity index (χ2v) is 4.69. The molecule has 2 N–H and O–H groups in total. The third kappa shape index (κ3) is 4.47. The number of halogens is 3. The van der Waals surface area contributed by atoms with Crippen LogP contribution in [-0.2, 0) is 0 Å². The molecule has 0 saturated heterocycles. The van der Waals surface area contributed by atoms with E-state index in [2.05, 4.69) is 21.2 Å². The van der Waals surface area contributed by atoms with E-state index < -0.39 is 0 Å². The Balaban J connectivity index is 2.45. The second kappa shape index (κ2) is 7.35. The summed E-state index contributed by atoms with van der Waals surface area (Å²) in [5.74, 6) is 0.556. The van der Waals surface area contributed by atoms with Crippen LogP contribution < -0.4 is 10.1 Å². The van der Waals surface area contributed by atoms with E-state index >= 15 is 0 Å². The molecule has 1 rings (SSSR count). The largest absolute Gasteiger partial charge is 0.491 e. The Morgan fingerprint density at radius 2 is 2.00 bits per heavy atom. The zero-order valence-corrected chi connectivity index (χ0v) is 11.6. The van der Waals surface area contributed by atoms with Gasteiger partial charge in [-0.3, -0.25) is 0 Å². The SMILES string of the molecule is OCCNCCOc1cc(Cl)c(Br)cc1Cl. The number of hydrogen-bond donors (Lipinski definition) is 2. The van der Waals surface area contributed by atoms with E-state index in [0.717, 1.165) is 4.47 Å². The number of aliphatic hydroxyl groups excluding tert-OH is 1. The normalized spacial score (nSPS) is 10.5. The number of aliphatic hydroxyl groups is 1. The molecule has 16 heavy (non-hydrogen) atoms. The van der Waals surface area contributed by atoms with Gasteiger partial charge in [-0.2, -0.15) is 0 Å². The molecule has 90 valence electrons. The maximum atomic E-state index is 8.55. The van der Waals surface area contributed by atoms with Gasteiger partial charge in [-0.05, 0) is 22.0 Å². The monoisotopic (exact) mass is 327 g/mol. The van der Waals surface area contributed by atoms with Crippen molar-refractivity contribution in [2.24, 2.45) is 0 Å². The molecule has 6 heteroatoms. The molecule has 0 aliphatic carbocycles. The van der Waals surface area contributed by atoms with Crippen LogP contribution in [0.2, 0.25) is 10.0 Å². The van der Waals surface area contributed by atoms with Crippen molar-refractivity contribution >= 4 is 39.1 Å². The molecule has 0 unspecified atom stereocenters. The van der Waals surface area contributed by atoms with E-state index in [9.17, 15) is 0 Å². The lowest BCUT2D eigenvalue weighted by atomic mass is 10.3.